The van der Waals surface area contributed by atoms with Crippen LogP contribution in [0, 0.1) is 5.82 Å². The Bertz CT molecular complexity index is 748. The minimum Gasteiger partial charge on any atom is -0.452 e. The van der Waals surface area contributed by atoms with Gasteiger partial charge in [-0.15, -0.1) is 0 Å². The second kappa shape index (κ2) is 5.72. The molecule has 3 N–H and O–H groups in total. The molecule has 0 fully saturated rings. The maximum atomic E-state index is 13.3. The molecule has 20 heavy (non-hydrogen) atoms. The summed E-state index contributed by atoms with van der Waals surface area (Å²) in [5.74, 6) is -0.416. The Hall–Kier alpha value is -1.09. The van der Waals surface area contributed by atoms with Crippen LogP contribution in [-0.2, 0) is 16.6 Å². The third-order valence-electron chi connectivity index (χ3n) is 2.37. The van der Waals surface area contributed by atoms with Crippen molar-refractivity contribution in [3.05, 3.63) is 45.5 Å². The van der Waals surface area contributed by atoms with Gasteiger partial charge in [0.25, 0.3) is 10.0 Å². The van der Waals surface area contributed by atoms with E-state index in [9.17, 15) is 12.8 Å². The number of halogens is 3. The number of benzene rings is 1. The summed E-state index contributed by atoms with van der Waals surface area (Å²) in [6.07, 6.45) is 0. The predicted molar refractivity (Wildman–Crippen MR) is 76.5 cm³/mol. The monoisotopic (exact) mass is 382 g/mol. The maximum absolute atomic E-state index is 13.3. The van der Waals surface area contributed by atoms with Crippen molar-refractivity contribution in [2.75, 3.05) is 4.72 Å². The van der Waals surface area contributed by atoms with Crippen LogP contribution >= 0.6 is 27.5 Å². The van der Waals surface area contributed by atoms with E-state index in [1.165, 1.54) is 18.2 Å². The van der Waals surface area contributed by atoms with Crippen LogP contribution < -0.4 is 10.5 Å². The van der Waals surface area contributed by atoms with E-state index in [0.29, 0.717) is 5.76 Å². The lowest BCUT2D eigenvalue weighted by atomic mass is 10.3. The molecule has 0 radical (unpaired) electrons. The Morgan fingerprint density at radius 1 is 1.40 bits per heavy atom. The normalized spacial score (nSPS) is 11.6. The molecule has 2 rings (SSSR count). The van der Waals surface area contributed by atoms with Gasteiger partial charge in [-0.1, -0.05) is 11.6 Å². The fraction of sp³-hybridized carbons (Fsp3) is 0.0909. The Morgan fingerprint density at radius 2 is 2.10 bits per heavy atom. The Balaban J connectivity index is 2.35. The summed E-state index contributed by atoms with van der Waals surface area (Å²) >= 11 is 8.52. The second-order valence-corrected chi connectivity index (χ2v) is 6.57. The molecule has 9 heteroatoms. The molecule has 0 unspecified atom stereocenters. The highest BCUT2D eigenvalue weighted by Crippen LogP contribution is 2.28. The van der Waals surface area contributed by atoms with Crippen LogP contribution in [0.5, 0.6) is 0 Å². The molecule has 0 aliphatic rings. The van der Waals surface area contributed by atoms with Gasteiger partial charge in [0.15, 0.2) is 4.67 Å². The van der Waals surface area contributed by atoms with Gasteiger partial charge in [-0.3, -0.25) is 4.72 Å². The zero-order valence-corrected chi connectivity index (χ0v) is 13.0. The van der Waals surface area contributed by atoms with E-state index >= 15 is 0 Å². The van der Waals surface area contributed by atoms with Crippen molar-refractivity contribution in [2.24, 2.45) is 5.73 Å². The van der Waals surface area contributed by atoms with Crippen molar-refractivity contribution in [2.45, 2.75) is 11.4 Å². The Morgan fingerprint density at radius 3 is 2.65 bits per heavy atom. The minimum absolute atomic E-state index is 0.0277. The summed E-state index contributed by atoms with van der Waals surface area (Å²) in [6.45, 7) is 0.0592. The van der Waals surface area contributed by atoms with Gasteiger partial charge in [-0.05, 0) is 34.1 Å². The first-order valence-electron chi connectivity index (χ1n) is 5.29. The van der Waals surface area contributed by atoms with Crippen LogP contribution in [0.4, 0.5) is 10.1 Å². The molecular weight excluding hydrogens is 375 g/mol. The van der Waals surface area contributed by atoms with E-state index in [2.05, 4.69) is 20.7 Å². The number of sulfonamides is 1. The predicted octanol–water partition coefficient (Wildman–Crippen LogP) is 3.09. The molecule has 0 saturated carbocycles. The molecule has 0 amide bonds. The summed E-state index contributed by atoms with van der Waals surface area (Å²) < 4.78 is 44.9. The van der Waals surface area contributed by atoms with Crippen LogP contribution in [-0.4, -0.2) is 8.42 Å². The van der Waals surface area contributed by atoms with Gasteiger partial charge in [0.1, 0.15) is 16.5 Å². The molecule has 1 aromatic heterocycles. The molecule has 108 valence electrons. The number of nitrogens with one attached hydrogen (secondary N) is 1. The maximum Gasteiger partial charge on any atom is 0.266 e. The molecule has 0 aliphatic heterocycles. The van der Waals surface area contributed by atoms with E-state index in [4.69, 9.17) is 21.8 Å². The molecular formula is C11H9BrClFN2O3S. The topological polar surface area (TPSA) is 85.3 Å². The first-order valence-corrected chi connectivity index (χ1v) is 7.95. The SMILES string of the molecule is NCc1cc(S(=O)(=O)Nc2ccc(Cl)c(F)c2)c(Br)o1. The van der Waals surface area contributed by atoms with Crippen molar-refractivity contribution < 1.29 is 17.2 Å². The van der Waals surface area contributed by atoms with Crippen molar-refractivity contribution in [1.29, 1.82) is 0 Å². The molecule has 0 aliphatic carbocycles. The molecule has 1 aromatic carbocycles. The Labute approximate surface area is 128 Å². The van der Waals surface area contributed by atoms with E-state index in [1.807, 2.05) is 0 Å². The van der Waals surface area contributed by atoms with E-state index in [-0.39, 0.29) is 26.8 Å². The summed E-state index contributed by atoms with van der Waals surface area (Å²) in [4.78, 5) is -0.117. The largest absolute Gasteiger partial charge is 0.452 e. The molecule has 0 spiro atoms. The van der Waals surface area contributed by atoms with Gasteiger partial charge < -0.3 is 10.2 Å². The van der Waals surface area contributed by atoms with E-state index < -0.39 is 15.8 Å². The lowest BCUT2D eigenvalue weighted by molar-refractivity contribution is 0.484. The molecule has 0 saturated heterocycles. The summed E-state index contributed by atoms with van der Waals surface area (Å²) in [5, 5.41) is -0.0946. The third kappa shape index (κ3) is 3.14. The van der Waals surface area contributed by atoms with Crippen molar-refractivity contribution in [3.63, 3.8) is 0 Å². The summed E-state index contributed by atoms with van der Waals surface area (Å²) in [6, 6.07) is 4.88. The third-order valence-corrected chi connectivity index (χ3v) is 4.91. The van der Waals surface area contributed by atoms with Gasteiger partial charge in [0.2, 0.25) is 0 Å². The highest BCUT2D eigenvalue weighted by molar-refractivity contribution is 9.10. The number of hydrogen-bond acceptors (Lipinski definition) is 4. The number of hydrogen-bond donors (Lipinski definition) is 2. The lowest BCUT2D eigenvalue weighted by Gasteiger charge is -2.07. The first-order chi connectivity index (χ1) is 9.33. The molecule has 2 aromatic rings. The van der Waals surface area contributed by atoms with E-state index in [0.717, 1.165) is 6.07 Å². The van der Waals surface area contributed by atoms with Gasteiger partial charge in [-0.2, -0.15) is 0 Å². The summed E-state index contributed by atoms with van der Waals surface area (Å²) in [7, 11) is -3.92. The van der Waals surface area contributed by atoms with E-state index in [1.54, 1.807) is 0 Å². The van der Waals surface area contributed by atoms with Crippen LogP contribution in [0.25, 0.3) is 0 Å². The van der Waals surface area contributed by atoms with Gasteiger partial charge >= 0.3 is 0 Å². The number of furan rings is 1. The van der Waals surface area contributed by atoms with Crippen molar-refractivity contribution >= 4 is 43.2 Å². The molecule has 5 nitrogen and oxygen atoms in total. The van der Waals surface area contributed by atoms with Gasteiger partial charge in [0.05, 0.1) is 17.3 Å². The van der Waals surface area contributed by atoms with Gasteiger partial charge in [-0.25, -0.2) is 12.8 Å². The number of anilines is 1. The fourth-order valence-corrected chi connectivity index (χ4v) is 3.62. The van der Waals surface area contributed by atoms with Gasteiger partial charge in [0, 0.05) is 6.07 Å². The molecule has 0 atom stereocenters. The number of rotatable bonds is 4. The van der Waals surface area contributed by atoms with Crippen LogP contribution in [0.15, 0.2) is 38.2 Å². The zero-order valence-electron chi connectivity index (χ0n) is 9.86. The minimum atomic E-state index is -3.92. The number of nitrogens with two attached hydrogens (primary N) is 1. The molecule has 1 heterocycles. The average Bonchev–Trinajstić information content (AvgIpc) is 2.76. The smallest absolute Gasteiger partial charge is 0.266 e. The highest BCUT2D eigenvalue weighted by Gasteiger charge is 2.22. The van der Waals surface area contributed by atoms with Crippen LogP contribution in [0.2, 0.25) is 5.02 Å². The first kappa shape index (κ1) is 15.3. The average molecular weight is 384 g/mol. The van der Waals surface area contributed by atoms with Crippen LogP contribution in [0.3, 0.4) is 0 Å². The Kier molecular flexibility index (Phi) is 4.38. The lowest BCUT2D eigenvalue weighted by Crippen LogP contribution is -2.12. The molecule has 0 bridgehead atoms. The fourth-order valence-electron chi connectivity index (χ4n) is 1.45. The second-order valence-electron chi connectivity index (χ2n) is 3.79. The van der Waals surface area contributed by atoms with Crippen LogP contribution in [0.1, 0.15) is 5.76 Å². The van der Waals surface area contributed by atoms with Crippen molar-refractivity contribution in [1.82, 2.24) is 0 Å². The standard InChI is InChI=1S/C11H9BrClFN2O3S/c12-11-10(4-7(5-15)19-11)20(17,18)16-6-1-2-8(13)9(14)3-6/h1-4,16H,5,15H2. The quantitative estimate of drug-likeness (QED) is 0.849. The summed E-state index contributed by atoms with van der Waals surface area (Å²) in [5.41, 5.74) is 5.42. The zero-order chi connectivity index (χ0) is 14.9. The van der Waals surface area contributed by atoms with Crippen molar-refractivity contribution in [3.8, 4) is 0 Å². The highest BCUT2D eigenvalue weighted by atomic mass is 79.9.